The topological polar surface area (TPSA) is 26.3 Å². The van der Waals surface area contributed by atoms with E-state index in [2.05, 4.69) is 23.7 Å². The Hall–Kier alpha value is -1.78. The molecule has 2 rings (SSSR count). The molecule has 2 aromatic rings. The maximum atomic E-state index is 12.9. The predicted molar refractivity (Wildman–Crippen MR) is 107 cm³/mol. The Labute approximate surface area is 155 Å². The molecule has 1 unspecified atom stereocenters. The van der Waals surface area contributed by atoms with E-state index in [1.165, 1.54) is 0 Å². The molecule has 0 bridgehead atoms. The normalized spacial score (nSPS) is 13.2. The molecular formula is C21H22ClO2P. The van der Waals surface area contributed by atoms with Gasteiger partial charge in [0, 0.05) is 16.7 Å². The molecule has 2 aromatic carbocycles. The van der Waals surface area contributed by atoms with E-state index >= 15 is 0 Å². The van der Waals surface area contributed by atoms with E-state index in [1.807, 2.05) is 49.4 Å². The minimum Gasteiger partial charge on any atom is -0.317 e. The fraction of sp³-hybridized carbons (Fsp3) is 0.238. The summed E-state index contributed by atoms with van der Waals surface area (Å²) in [5, 5.41) is 1.40. The van der Waals surface area contributed by atoms with Crippen LogP contribution >= 0.6 is 19.0 Å². The van der Waals surface area contributed by atoms with Gasteiger partial charge in [-0.05, 0) is 55.3 Å². The molecule has 0 aromatic heterocycles. The van der Waals surface area contributed by atoms with E-state index < -0.39 is 7.37 Å². The predicted octanol–water partition coefficient (Wildman–Crippen LogP) is 6.12. The fourth-order valence-corrected chi connectivity index (χ4v) is 3.96. The van der Waals surface area contributed by atoms with Crippen LogP contribution in [0.25, 0.3) is 6.08 Å². The first-order valence-electron chi connectivity index (χ1n) is 8.36. The summed E-state index contributed by atoms with van der Waals surface area (Å²) in [6, 6.07) is 16.9. The summed E-state index contributed by atoms with van der Waals surface area (Å²) >= 11 is 5.86. The van der Waals surface area contributed by atoms with Gasteiger partial charge in [-0.2, -0.15) is 0 Å². The molecule has 0 saturated heterocycles. The van der Waals surface area contributed by atoms with Gasteiger partial charge in [-0.25, -0.2) is 0 Å². The maximum Gasteiger partial charge on any atom is 0.303 e. The smallest absolute Gasteiger partial charge is 0.303 e. The van der Waals surface area contributed by atoms with Gasteiger partial charge < -0.3 is 4.52 Å². The zero-order valence-electron chi connectivity index (χ0n) is 14.3. The van der Waals surface area contributed by atoms with Crippen LogP contribution in [-0.4, -0.2) is 6.61 Å². The molecule has 0 aliphatic heterocycles. The van der Waals surface area contributed by atoms with Crippen molar-refractivity contribution in [2.24, 2.45) is 0 Å². The molecule has 0 N–H and O–H groups in total. The number of allylic oxidation sites excluding steroid dienone is 1. The minimum atomic E-state index is -3.07. The third-order valence-electron chi connectivity index (χ3n) is 3.49. The van der Waals surface area contributed by atoms with Gasteiger partial charge in [0.25, 0.3) is 0 Å². The molecular weight excluding hydrogens is 351 g/mol. The van der Waals surface area contributed by atoms with E-state index in [0.717, 1.165) is 23.4 Å². The zero-order valence-corrected chi connectivity index (χ0v) is 16.0. The van der Waals surface area contributed by atoms with Crippen molar-refractivity contribution in [3.63, 3.8) is 0 Å². The van der Waals surface area contributed by atoms with Gasteiger partial charge in [0.05, 0.1) is 6.61 Å². The SMILES string of the molecule is CCOP(=O)(C#CCCC/C=C/c1ccc(Cl)cc1)c1ccccc1. The Morgan fingerprint density at radius 2 is 1.84 bits per heavy atom. The number of halogens is 1. The van der Waals surface area contributed by atoms with Gasteiger partial charge >= 0.3 is 7.37 Å². The molecule has 0 heterocycles. The van der Waals surface area contributed by atoms with Crippen molar-refractivity contribution >= 4 is 30.4 Å². The van der Waals surface area contributed by atoms with Gasteiger partial charge in [-0.1, -0.05) is 60.0 Å². The average Bonchev–Trinajstić information content (AvgIpc) is 2.63. The third kappa shape index (κ3) is 6.56. The van der Waals surface area contributed by atoms with Crippen molar-refractivity contribution in [1.82, 2.24) is 0 Å². The highest BCUT2D eigenvalue weighted by Crippen LogP contribution is 2.44. The summed E-state index contributed by atoms with van der Waals surface area (Å²) in [7, 11) is -3.07. The Morgan fingerprint density at radius 1 is 1.12 bits per heavy atom. The third-order valence-corrected chi connectivity index (χ3v) is 5.79. The van der Waals surface area contributed by atoms with E-state index in [4.69, 9.17) is 16.1 Å². The molecule has 2 nitrogen and oxygen atoms in total. The van der Waals surface area contributed by atoms with Crippen LogP contribution in [0.1, 0.15) is 31.7 Å². The fourth-order valence-electron chi connectivity index (χ4n) is 2.24. The summed E-state index contributed by atoms with van der Waals surface area (Å²) in [5.41, 5.74) is 4.00. The van der Waals surface area contributed by atoms with Crippen molar-refractivity contribution in [2.45, 2.75) is 26.2 Å². The second-order valence-electron chi connectivity index (χ2n) is 5.44. The molecule has 130 valence electrons. The summed E-state index contributed by atoms with van der Waals surface area (Å²) < 4.78 is 18.4. The number of rotatable bonds is 7. The van der Waals surface area contributed by atoms with Crippen LogP contribution in [0, 0.1) is 11.6 Å². The first-order valence-corrected chi connectivity index (χ1v) is 10.4. The molecule has 0 aliphatic rings. The van der Waals surface area contributed by atoms with Crippen molar-refractivity contribution < 1.29 is 9.09 Å². The zero-order chi connectivity index (χ0) is 18.0. The van der Waals surface area contributed by atoms with E-state index in [0.29, 0.717) is 18.3 Å². The van der Waals surface area contributed by atoms with Gasteiger partial charge in [-0.3, -0.25) is 4.57 Å². The molecule has 0 saturated carbocycles. The average molecular weight is 373 g/mol. The van der Waals surface area contributed by atoms with Crippen molar-refractivity contribution in [3.05, 3.63) is 71.3 Å². The van der Waals surface area contributed by atoms with Crippen molar-refractivity contribution in [1.29, 1.82) is 0 Å². The Balaban J connectivity index is 1.86. The molecule has 0 radical (unpaired) electrons. The summed E-state index contributed by atoms with van der Waals surface area (Å²) in [6.45, 7) is 2.21. The number of hydrogen-bond acceptors (Lipinski definition) is 2. The molecule has 0 aliphatic carbocycles. The molecule has 1 atom stereocenters. The van der Waals surface area contributed by atoms with Gasteiger partial charge in [0.2, 0.25) is 0 Å². The largest absolute Gasteiger partial charge is 0.317 e. The van der Waals surface area contributed by atoms with Gasteiger partial charge in [0.15, 0.2) is 0 Å². The van der Waals surface area contributed by atoms with Crippen LogP contribution < -0.4 is 5.30 Å². The summed E-state index contributed by atoms with van der Waals surface area (Å²) in [4.78, 5) is 0. The van der Waals surface area contributed by atoms with E-state index in [-0.39, 0.29) is 0 Å². The number of benzene rings is 2. The van der Waals surface area contributed by atoms with E-state index in [1.54, 1.807) is 12.1 Å². The van der Waals surface area contributed by atoms with Crippen LogP contribution in [0.15, 0.2) is 60.7 Å². The maximum absolute atomic E-state index is 12.9. The van der Waals surface area contributed by atoms with Crippen LogP contribution in [0.3, 0.4) is 0 Å². The standard InChI is InChI=1S/C21H22ClO2P/c1-2-24-25(23,21-12-8-6-9-13-21)18-10-5-3-4-7-11-19-14-16-20(22)17-15-19/h6-9,11-17H,2-5H2,1H3/b11-7+. The highest BCUT2D eigenvalue weighted by atomic mass is 35.5. The van der Waals surface area contributed by atoms with Crippen molar-refractivity contribution in [3.8, 4) is 11.6 Å². The quantitative estimate of drug-likeness (QED) is 0.332. The minimum absolute atomic E-state index is 0.380. The number of unbranched alkanes of at least 4 members (excludes halogenated alkanes) is 2. The summed E-state index contributed by atoms with van der Waals surface area (Å²) in [6.07, 6.45) is 6.71. The number of hydrogen-bond donors (Lipinski definition) is 0. The van der Waals surface area contributed by atoms with E-state index in [9.17, 15) is 4.57 Å². The van der Waals surface area contributed by atoms with Crippen molar-refractivity contribution in [2.75, 3.05) is 6.61 Å². The highest BCUT2D eigenvalue weighted by molar-refractivity contribution is 7.71. The first kappa shape index (κ1) is 19.5. The Bertz CT molecular complexity index is 786. The van der Waals surface area contributed by atoms with Crippen LogP contribution in [0.2, 0.25) is 5.02 Å². The molecule has 0 amide bonds. The van der Waals surface area contributed by atoms with Gasteiger partial charge in [0.1, 0.15) is 0 Å². The van der Waals surface area contributed by atoms with Crippen LogP contribution in [0.5, 0.6) is 0 Å². The Kier molecular flexibility index (Phi) is 8.02. The highest BCUT2D eigenvalue weighted by Gasteiger charge is 2.22. The summed E-state index contributed by atoms with van der Waals surface area (Å²) in [5.74, 6) is 3.03. The molecule has 4 heteroatoms. The molecule has 0 spiro atoms. The lowest BCUT2D eigenvalue weighted by atomic mass is 10.1. The Morgan fingerprint density at radius 3 is 2.52 bits per heavy atom. The lowest BCUT2D eigenvalue weighted by molar-refractivity contribution is 0.348. The van der Waals surface area contributed by atoms with Gasteiger partial charge in [-0.15, -0.1) is 0 Å². The van der Waals surface area contributed by atoms with Crippen LogP contribution in [-0.2, 0) is 9.09 Å². The molecule has 0 fully saturated rings. The molecule has 25 heavy (non-hydrogen) atoms. The monoisotopic (exact) mass is 372 g/mol. The second-order valence-corrected chi connectivity index (χ2v) is 7.98. The van der Waals surface area contributed by atoms with Crippen LogP contribution in [0.4, 0.5) is 0 Å². The lowest BCUT2D eigenvalue weighted by Gasteiger charge is -2.11. The second kappa shape index (κ2) is 10.3. The lowest BCUT2D eigenvalue weighted by Crippen LogP contribution is -2.05. The first-order chi connectivity index (χ1) is 12.1.